The number of carbonyl (C=O) groups excluding carboxylic acids is 2. The minimum Gasteiger partial charge on any atom is -0.493 e. The molecule has 1 aromatic heterocycles. The van der Waals surface area contributed by atoms with Gasteiger partial charge < -0.3 is 37.6 Å². The van der Waals surface area contributed by atoms with Gasteiger partial charge in [0.2, 0.25) is 11.4 Å². The van der Waals surface area contributed by atoms with Crippen molar-refractivity contribution in [3.8, 4) is 24.3 Å². The first-order valence-corrected chi connectivity index (χ1v) is 39.6. The van der Waals surface area contributed by atoms with Crippen LogP contribution in [0.2, 0.25) is 36.3 Å². The van der Waals surface area contributed by atoms with Crippen molar-refractivity contribution in [2.45, 2.75) is 171 Å². The monoisotopic (exact) mass is 1370 g/mol. The summed E-state index contributed by atoms with van der Waals surface area (Å²) in [6.45, 7) is 61.5. The van der Waals surface area contributed by atoms with Crippen LogP contribution in [0.3, 0.4) is 0 Å². The lowest BCUT2D eigenvalue weighted by atomic mass is 9.75. The number of hydrogen-bond donors (Lipinski definition) is 0. The van der Waals surface area contributed by atoms with Gasteiger partial charge in [0.1, 0.15) is 48.7 Å². The minimum absolute atomic E-state index is 0.0280. The van der Waals surface area contributed by atoms with Crippen molar-refractivity contribution in [3.63, 3.8) is 0 Å². The summed E-state index contributed by atoms with van der Waals surface area (Å²) in [5.41, 5.74) is 8.57. The molecule has 3 heterocycles. The second kappa shape index (κ2) is 34.0. The second-order valence-electron chi connectivity index (χ2n) is 29.3. The molecule has 2 aromatic carbocycles. The van der Waals surface area contributed by atoms with E-state index in [-0.39, 0.29) is 74.7 Å². The first-order valence-electron chi connectivity index (χ1n) is 33.0. The Balaban J connectivity index is 0.000000361. The van der Waals surface area contributed by atoms with Crippen LogP contribution in [0.25, 0.3) is 34.0 Å². The predicted octanol–water partition coefficient (Wildman–Crippen LogP) is 18.8. The molecule has 0 amide bonds. The second-order valence-corrected chi connectivity index (χ2v) is 40.0. The Morgan fingerprint density at radius 2 is 0.959 bits per heavy atom. The standard InChI is InChI=1S/C45H64N4O3Si2.C34H34N4O5S/c1-42(2,3)53(12,13)50-27-25-49(26-28-51-54(14,15)43(4,5)6)38-23-21-34(22-24-38)19-20-36-29-35(30-44(7,8)31-36)17-16-18-39-40(48-11)41(37(32-46)33-47)52-45(39,9)10;1-22-23(2)31(15-13-29-32(37-7)33(27(20-35)21-36)43-34(29,5)6)44-30(22)14-10-26-8-11-28(12-9-26)38(16-18-41-24(3)39)17-19-42-25(4)40/h16-24,29H,25-28,30-31H2,1-10,12-15H3;8-15H,16-19H2,1-6H3/b18-16+,20-19+,35-17-;14-10+,15-13+. The highest BCUT2D eigenvalue weighted by Crippen LogP contribution is 2.45. The van der Waals surface area contributed by atoms with E-state index in [4.69, 9.17) is 40.9 Å². The van der Waals surface area contributed by atoms with Crippen LogP contribution in [0.5, 0.6) is 0 Å². The van der Waals surface area contributed by atoms with E-state index in [9.17, 15) is 30.6 Å². The molecule has 19 heteroatoms. The highest BCUT2D eigenvalue weighted by molar-refractivity contribution is 7.14. The average molecular weight is 1380 g/mol. The number of thiophene rings is 1. The molecule has 0 spiro atoms. The lowest BCUT2D eigenvalue weighted by molar-refractivity contribution is -0.141. The Kier molecular flexibility index (Phi) is 27.6. The number of ether oxygens (including phenoxy) is 4. The molecule has 3 aromatic rings. The van der Waals surface area contributed by atoms with Gasteiger partial charge in [0.05, 0.1) is 39.4 Å². The van der Waals surface area contributed by atoms with Crippen LogP contribution in [-0.4, -0.2) is 92.4 Å². The fourth-order valence-corrected chi connectivity index (χ4v) is 13.8. The zero-order valence-corrected chi connectivity index (χ0v) is 64.0. The van der Waals surface area contributed by atoms with E-state index >= 15 is 0 Å². The number of benzene rings is 2. The molecular formula is C79H98N8O8SSi2. The summed E-state index contributed by atoms with van der Waals surface area (Å²) in [6, 6.07) is 24.1. The van der Waals surface area contributed by atoms with Crippen molar-refractivity contribution >= 4 is 75.6 Å². The Bertz CT molecular complexity index is 3950. The summed E-state index contributed by atoms with van der Waals surface area (Å²) >= 11 is 1.62. The highest BCUT2D eigenvalue weighted by atomic mass is 32.1. The third kappa shape index (κ3) is 21.7. The number of rotatable bonds is 24. The van der Waals surface area contributed by atoms with Crippen molar-refractivity contribution in [3.05, 3.63) is 196 Å². The van der Waals surface area contributed by atoms with Crippen molar-refractivity contribution in [1.29, 1.82) is 21.0 Å². The lowest BCUT2D eigenvalue weighted by Gasteiger charge is -2.38. The topological polar surface area (TPSA) is 200 Å². The van der Waals surface area contributed by atoms with Crippen LogP contribution in [0.1, 0.15) is 142 Å². The fraction of sp³-hybridized carbons (Fsp3) is 0.443. The molecule has 516 valence electrons. The van der Waals surface area contributed by atoms with E-state index in [1.807, 2.05) is 118 Å². The van der Waals surface area contributed by atoms with Gasteiger partial charge in [-0.2, -0.15) is 21.0 Å². The molecule has 98 heavy (non-hydrogen) atoms. The molecule has 0 fully saturated rings. The van der Waals surface area contributed by atoms with Gasteiger partial charge in [-0.25, -0.2) is 9.69 Å². The molecule has 16 nitrogen and oxygen atoms in total. The molecule has 0 N–H and O–H groups in total. The van der Waals surface area contributed by atoms with Gasteiger partial charge in [-0.05, 0) is 166 Å². The molecule has 0 radical (unpaired) electrons. The Hall–Kier alpha value is -9.03. The molecule has 2 aliphatic heterocycles. The molecule has 3 aliphatic rings. The molecule has 0 saturated heterocycles. The van der Waals surface area contributed by atoms with Gasteiger partial charge in [0.15, 0.2) is 39.3 Å². The Morgan fingerprint density at radius 1 is 0.582 bits per heavy atom. The van der Waals surface area contributed by atoms with E-state index in [1.165, 1.54) is 30.7 Å². The van der Waals surface area contributed by atoms with Crippen molar-refractivity contribution < 1.29 is 37.4 Å². The SMILES string of the molecule is [C-]#[N+]C1=C(/C=C/C=C2C=C(/C=C/c3ccc(N(CCO[Si](C)(C)C(C)(C)C)CCO[Si](C)(C)C(C)(C)C)cc3)CC(C)(C)C/2)C(C)(C)OC1=C(C#N)C#N.[C-]#[N+]C1=C(/C=C/c2sc(/C=C/c3ccc(N(CCOC(C)=O)CCOC(C)=O)cc3)c(C)c2C)C(C)(C)OC1=C(C#N)C#N. The number of carbonyl (C=O) groups is 2. The highest BCUT2D eigenvalue weighted by Gasteiger charge is 2.41. The quantitative estimate of drug-likeness (QED) is 0.0355. The summed E-state index contributed by atoms with van der Waals surface area (Å²) in [7, 11) is -3.71. The minimum atomic E-state index is -1.86. The van der Waals surface area contributed by atoms with E-state index in [1.54, 1.807) is 11.3 Å². The lowest BCUT2D eigenvalue weighted by Crippen LogP contribution is -2.44. The molecule has 0 atom stereocenters. The largest absolute Gasteiger partial charge is 0.493 e. The van der Waals surface area contributed by atoms with Gasteiger partial charge in [0.25, 0.3) is 0 Å². The first kappa shape index (κ1) is 79.7. The number of anilines is 2. The summed E-state index contributed by atoms with van der Waals surface area (Å²) < 4.78 is 35.2. The zero-order chi connectivity index (χ0) is 73.2. The zero-order valence-electron chi connectivity index (χ0n) is 61.2. The van der Waals surface area contributed by atoms with Crippen molar-refractivity contribution in [2.24, 2.45) is 5.41 Å². The van der Waals surface area contributed by atoms with E-state index in [0.717, 1.165) is 63.6 Å². The maximum Gasteiger partial charge on any atom is 0.302 e. The number of esters is 2. The van der Waals surface area contributed by atoms with Crippen LogP contribution < -0.4 is 9.80 Å². The smallest absolute Gasteiger partial charge is 0.302 e. The summed E-state index contributed by atoms with van der Waals surface area (Å²) in [6.07, 6.45) is 22.3. The van der Waals surface area contributed by atoms with Crippen LogP contribution in [0.15, 0.2) is 141 Å². The normalized spacial score (nSPS) is 16.3. The van der Waals surface area contributed by atoms with E-state index in [0.29, 0.717) is 37.4 Å². The molecule has 6 rings (SSSR count). The van der Waals surface area contributed by atoms with Crippen LogP contribution >= 0.6 is 11.3 Å². The third-order valence-corrected chi connectivity index (χ3v) is 28.7. The summed E-state index contributed by atoms with van der Waals surface area (Å²) in [5.74, 6) is -0.604. The number of nitrogens with zero attached hydrogens (tertiary/aromatic N) is 8. The molecule has 0 bridgehead atoms. The molecule has 0 unspecified atom stereocenters. The maximum absolute atomic E-state index is 11.2. The van der Waals surface area contributed by atoms with Crippen LogP contribution in [0, 0.1) is 77.7 Å². The summed E-state index contributed by atoms with van der Waals surface area (Å²) in [4.78, 5) is 36.1. The van der Waals surface area contributed by atoms with Crippen molar-refractivity contribution in [1.82, 2.24) is 0 Å². The van der Waals surface area contributed by atoms with Crippen LogP contribution in [0.4, 0.5) is 11.4 Å². The van der Waals surface area contributed by atoms with Gasteiger partial charge in [-0.3, -0.25) is 9.59 Å². The predicted molar refractivity (Wildman–Crippen MR) is 400 cm³/mol. The molecule has 0 saturated carbocycles. The molecule has 1 aliphatic carbocycles. The summed E-state index contributed by atoms with van der Waals surface area (Å²) in [5, 5.41) is 37.7. The van der Waals surface area contributed by atoms with E-state index < -0.39 is 27.8 Å². The maximum atomic E-state index is 11.2. The third-order valence-electron chi connectivity index (χ3n) is 18.3. The fourth-order valence-electron chi connectivity index (χ4n) is 10.6. The number of hydrogen-bond acceptors (Lipinski definition) is 15. The van der Waals surface area contributed by atoms with Gasteiger partial charge in [-0.15, -0.1) is 11.3 Å². The van der Waals surface area contributed by atoms with E-state index in [2.05, 4.69) is 158 Å². The van der Waals surface area contributed by atoms with Gasteiger partial charge >= 0.3 is 11.9 Å². The van der Waals surface area contributed by atoms with Crippen LogP contribution in [-0.2, 0) is 37.4 Å². The Morgan fingerprint density at radius 3 is 1.34 bits per heavy atom. The van der Waals surface area contributed by atoms with Gasteiger partial charge in [0, 0.05) is 59.2 Å². The number of nitriles is 4. The molecular weight excluding hydrogens is 1280 g/mol. The number of allylic oxidation sites excluding steroid dienone is 8. The first-order chi connectivity index (χ1) is 45.8. The van der Waals surface area contributed by atoms with Crippen molar-refractivity contribution in [2.75, 3.05) is 62.4 Å². The van der Waals surface area contributed by atoms with Gasteiger partial charge in [-0.1, -0.05) is 128 Å². The average Bonchev–Trinajstić information content (AvgIpc) is 1.63. The Labute approximate surface area is 590 Å².